The number of carboxylic acids is 1. The molecule has 0 aliphatic heterocycles. The number of halogens is 1. The molecule has 1 atom stereocenters. The molecule has 0 amide bonds. The van der Waals surface area contributed by atoms with E-state index in [1.54, 1.807) is 32.2 Å². The Balaban J connectivity index is 2.97. The van der Waals surface area contributed by atoms with Crippen molar-refractivity contribution >= 4 is 11.7 Å². The highest BCUT2D eigenvalue weighted by Gasteiger charge is 2.22. The number of hydrogen-bond donors (Lipinski definition) is 1. The fraction of sp³-hybridized carbons (Fsp3) is 0.364. The number of aliphatic carboxylic acids is 1. The average Bonchev–Trinajstić information content (AvgIpc) is 2.18. The molecule has 0 aliphatic carbocycles. The molecule has 82 valence electrons. The summed E-state index contributed by atoms with van der Waals surface area (Å²) in [6.07, 6.45) is 0.431. The van der Waals surface area contributed by atoms with Crippen molar-refractivity contribution in [3.63, 3.8) is 0 Å². The van der Waals surface area contributed by atoms with Crippen LogP contribution in [0.15, 0.2) is 24.3 Å². The summed E-state index contributed by atoms with van der Waals surface area (Å²) in [5, 5.41) is 8.93. The second-order valence-electron chi connectivity index (χ2n) is 3.32. The van der Waals surface area contributed by atoms with Crippen molar-refractivity contribution in [2.45, 2.75) is 19.4 Å². The minimum Gasteiger partial charge on any atom is -0.480 e. The lowest BCUT2D eigenvalue weighted by Crippen LogP contribution is -2.38. The summed E-state index contributed by atoms with van der Waals surface area (Å²) in [6.45, 7) is 1.76. The molecule has 0 spiro atoms. The van der Waals surface area contributed by atoms with Crippen LogP contribution in [0.5, 0.6) is 0 Å². The standard InChI is InChI=1S/C11H14FNO2/c1-3-9(11(14)15)13(2)10-7-5-4-6-8(10)12/h4-7,9H,3H2,1-2H3,(H,14,15)/t9-/m0/s1. The lowest BCUT2D eigenvalue weighted by atomic mass is 10.1. The summed E-state index contributed by atoms with van der Waals surface area (Å²) < 4.78 is 13.4. The van der Waals surface area contributed by atoms with E-state index < -0.39 is 17.8 Å². The maximum atomic E-state index is 13.4. The number of likely N-dealkylation sites (N-methyl/N-ethyl adjacent to an activating group) is 1. The topological polar surface area (TPSA) is 40.5 Å². The SMILES string of the molecule is CC[C@@H](C(=O)O)N(C)c1ccccc1F. The van der Waals surface area contributed by atoms with E-state index in [4.69, 9.17) is 5.11 Å². The third-order valence-corrected chi connectivity index (χ3v) is 2.37. The van der Waals surface area contributed by atoms with E-state index in [1.807, 2.05) is 0 Å². The van der Waals surface area contributed by atoms with Crippen molar-refractivity contribution in [2.24, 2.45) is 0 Å². The van der Waals surface area contributed by atoms with Gasteiger partial charge in [-0.05, 0) is 18.6 Å². The summed E-state index contributed by atoms with van der Waals surface area (Å²) in [5.41, 5.74) is 0.312. The van der Waals surface area contributed by atoms with Crippen molar-refractivity contribution in [1.29, 1.82) is 0 Å². The Kier molecular flexibility index (Phi) is 3.66. The van der Waals surface area contributed by atoms with Gasteiger partial charge in [0.1, 0.15) is 11.9 Å². The number of para-hydroxylation sites is 1. The lowest BCUT2D eigenvalue weighted by Gasteiger charge is -2.26. The summed E-state index contributed by atoms with van der Waals surface area (Å²) in [5.74, 6) is -1.34. The summed E-state index contributed by atoms with van der Waals surface area (Å²) in [6, 6.07) is 5.46. The zero-order valence-corrected chi connectivity index (χ0v) is 8.77. The van der Waals surface area contributed by atoms with Gasteiger partial charge >= 0.3 is 5.97 Å². The van der Waals surface area contributed by atoms with Crippen molar-refractivity contribution in [2.75, 3.05) is 11.9 Å². The van der Waals surface area contributed by atoms with Crippen LogP contribution in [0, 0.1) is 5.82 Å². The van der Waals surface area contributed by atoms with Gasteiger partial charge in [-0.1, -0.05) is 19.1 Å². The van der Waals surface area contributed by atoms with Gasteiger partial charge in [0.15, 0.2) is 0 Å². The first-order chi connectivity index (χ1) is 7.07. The third-order valence-electron chi connectivity index (χ3n) is 2.37. The number of hydrogen-bond acceptors (Lipinski definition) is 2. The first kappa shape index (κ1) is 11.5. The maximum absolute atomic E-state index is 13.4. The number of rotatable bonds is 4. The number of nitrogens with zero attached hydrogens (tertiary/aromatic N) is 1. The fourth-order valence-corrected chi connectivity index (χ4v) is 1.52. The second kappa shape index (κ2) is 4.77. The van der Waals surface area contributed by atoms with Crippen LogP contribution >= 0.6 is 0 Å². The minimum atomic E-state index is -0.941. The van der Waals surface area contributed by atoms with Crippen molar-refractivity contribution in [3.8, 4) is 0 Å². The average molecular weight is 211 g/mol. The van der Waals surface area contributed by atoms with Crippen LogP contribution < -0.4 is 4.90 Å². The van der Waals surface area contributed by atoms with E-state index in [1.165, 1.54) is 11.0 Å². The highest BCUT2D eigenvalue weighted by Crippen LogP contribution is 2.20. The first-order valence-corrected chi connectivity index (χ1v) is 4.78. The largest absolute Gasteiger partial charge is 0.480 e. The molecule has 0 unspecified atom stereocenters. The molecular formula is C11H14FNO2. The molecule has 0 saturated carbocycles. The molecule has 0 bridgehead atoms. The molecular weight excluding hydrogens is 197 g/mol. The molecule has 1 N–H and O–H groups in total. The second-order valence-corrected chi connectivity index (χ2v) is 3.32. The van der Waals surface area contributed by atoms with Gasteiger partial charge in [-0.15, -0.1) is 0 Å². The molecule has 1 rings (SSSR count). The Morgan fingerprint density at radius 3 is 2.60 bits per heavy atom. The van der Waals surface area contributed by atoms with Crippen LogP contribution in [0.1, 0.15) is 13.3 Å². The molecule has 0 radical (unpaired) electrons. The van der Waals surface area contributed by atoms with Crippen molar-refractivity contribution in [1.82, 2.24) is 0 Å². The van der Waals surface area contributed by atoms with E-state index in [2.05, 4.69) is 0 Å². The zero-order chi connectivity index (χ0) is 11.4. The predicted molar refractivity (Wildman–Crippen MR) is 56.5 cm³/mol. The van der Waals surface area contributed by atoms with Crippen LogP contribution in [0.2, 0.25) is 0 Å². The van der Waals surface area contributed by atoms with Gasteiger partial charge in [-0.25, -0.2) is 9.18 Å². The van der Waals surface area contributed by atoms with Crippen LogP contribution in [0.25, 0.3) is 0 Å². The molecule has 3 nitrogen and oxygen atoms in total. The zero-order valence-electron chi connectivity index (χ0n) is 8.77. The summed E-state index contributed by atoms with van der Waals surface area (Å²) in [4.78, 5) is 12.3. The molecule has 0 aromatic heterocycles. The highest BCUT2D eigenvalue weighted by molar-refractivity contribution is 5.78. The summed E-state index contributed by atoms with van der Waals surface area (Å²) >= 11 is 0. The Bertz CT molecular complexity index is 354. The summed E-state index contributed by atoms with van der Waals surface area (Å²) in [7, 11) is 1.58. The highest BCUT2D eigenvalue weighted by atomic mass is 19.1. The van der Waals surface area contributed by atoms with E-state index in [0.29, 0.717) is 12.1 Å². The number of benzene rings is 1. The Labute approximate surface area is 88.1 Å². The first-order valence-electron chi connectivity index (χ1n) is 4.78. The number of carbonyl (C=O) groups is 1. The van der Waals surface area contributed by atoms with E-state index in [-0.39, 0.29) is 0 Å². The molecule has 1 aromatic carbocycles. The molecule has 0 heterocycles. The van der Waals surface area contributed by atoms with Gasteiger partial charge in [0.05, 0.1) is 5.69 Å². The molecule has 0 aliphatic rings. The van der Waals surface area contributed by atoms with Gasteiger partial charge in [0.2, 0.25) is 0 Å². The van der Waals surface area contributed by atoms with Crippen LogP contribution in [0.4, 0.5) is 10.1 Å². The monoisotopic (exact) mass is 211 g/mol. The van der Waals surface area contributed by atoms with E-state index in [9.17, 15) is 9.18 Å². The van der Waals surface area contributed by atoms with Gasteiger partial charge in [-0.3, -0.25) is 0 Å². The maximum Gasteiger partial charge on any atom is 0.326 e. The van der Waals surface area contributed by atoms with E-state index in [0.717, 1.165) is 0 Å². The quantitative estimate of drug-likeness (QED) is 0.829. The van der Waals surface area contributed by atoms with Gasteiger partial charge in [0.25, 0.3) is 0 Å². The van der Waals surface area contributed by atoms with Crippen LogP contribution in [-0.4, -0.2) is 24.2 Å². The molecule has 0 fully saturated rings. The predicted octanol–water partition coefficient (Wildman–Crippen LogP) is 2.13. The van der Waals surface area contributed by atoms with Crippen molar-refractivity contribution < 1.29 is 14.3 Å². The molecule has 4 heteroatoms. The fourth-order valence-electron chi connectivity index (χ4n) is 1.52. The van der Waals surface area contributed by atoms with Gasteiger partial charge in [0, 0.05) is 7.05 Å². The molecule has 0 saturated heterocycles. The normalized spacial score (nSPS) is 12.2. The molecule has 1 aromatic rings. The van der Waals surface area contributed by atoms with Crippen LogP contribution in [-0.2, 0) is 4.79 Å². The Morgan fingerprint density at radius 2 is 2.13 bits per heavy atom. The Morgan fingerprint density at radius 1 is 1.53 bits per heavy atom. The lowest BCUT2D eigenvalue weighted by molar-refractivity contribution is -0.138. The van der Waals surface area contributed by atoms with Gasteiger partial charge < -0.3 is 10.0 Å². The smallest absolute Gasteiger partial charge is 0.326 e. The van der Waals surface area contributed by atoms with E-state index >= 15 is 0 Å². The van der Waals surface area contributed by atoms with Gasteiger partial charge in [-0.2, -0.15) is 0 Å². The number of anilines is 1. The molecule has 15 heavy (non-hydrogen) atoms. The number of carboxylic acid groups (broad SMARTS) is 1. The Hall–Kier alpha value is -1.58. The van der Waals surface area contributed by atoms with Crippen LogP contribution in [0.3, 0.4) is 0 Å². The minimum absolute atomic E-state index is 0.312. The third kappa shape index (κ3) is 2.46. The van der Waals surface area contributed by atoms with Crippen molar-refractivity contribution in [3.05, 3.63) is 30.1 Å².